The first-order valence-electron chi connectivity index (χ1n) is 9.85. The van der Waals surface area contributed by atoms with Crippen LogP contribution in [0.2, 0.25) is 0 Å². The molecule has 1 aromatic heterocycles. The molecule has 2 aliphatic carbocycles. The number of anilines is 1. The minimum absolute atomic E-state index is 0.0787. The number of carbonyl (C=O) groups is 2. The maximum atomic E-state index is 12.7. The Bertz CT molecular complexity index is 630. The molecule has 1 saturated carbocycles. The highest BCUT2D eigenvalue weighted by molar-refractivity contribution is 7.17. The molecule has 3 rings (SSSR count). The standard InChI is InChI=1S/C20H30N2O2S/c1-2-3-6-13-9-11-14(12-10-13)19(24)22-20-17(18(21)23)15-7-4-5-8-16(15)25-20/h13-14H,2-12H2,1H3,(H2,21,23)(H,22,24). The Labute approximate surface area is 154 Å². The summed E-state index contributed by atoms with van der Waals surface area (Å²) in [5, 5.41) is 3.75. The lowest BCUT2D eigenvalue weighted by Crippen LogP contribution is -2.28. The van der Waals surface area contributed by atoms with E-state index in [0.717, 1.165) is 62.8 Å². The predicted octanol–water partition coefficient (Wildman–Crippen LogP) is 4.66. The Balaban J connectivity index is 1.64. The minimum Gasteiger partial charge on any atom is -0.365 e. The van der Waals surface area contributed by atoms with E-state index in [4.69, 9.17) is 5.73 Å². The van der Waals surface area contributed by atoms with Gasteiger partial charge in [0.25, 0.3) is 5.91 Å². The Hall–Kier alpha value is -1.36. The Morgan fingerprint density at radius 3 is 2.56 bits per heavy atom. The van der Waals surface area contributed by atoms with E-state index >= 15 is 0 Å². The smallest absolute Gasteiger partial charge is 0.251 e. The normalized spacial score (nSPS) is 23.1. The number of carbonyl (C=O) groups excluding carboxylic acids is 2. The Morgan fingerprint density at radius 2 is 1.88 bits per heavy atom. The van der Waals surface area contributed by atoms with Gasteiger partial charge in [0.15, 0.2) is 0 Å². The van der Waals surface area contributed by atoms with Crippen molar-refractivity contribution in [1.29, 1.82) is 0 Å². The van der Waals surface area contributed by atoms with Gasteiger partial charge in [-0.25, -0.2) is 0 Å². The third-order valence-corrected chi connectivity index (χ3v) is 7.05. The number of thiophene rings is 1. The van der Waals surface area contributed by atoms with Crippen molar-refractivity contribution in [3.05, 3.63) is 16.0 Å². The number of fused-ring (bicyclic) bond motifs is 1. The first kappa shape index (κ1) is 18.4. The van der Waals surface area contributed by atoms with Gasteiger partial charge in [-0.05, 0) is 62.8 Å². The van der Waals surface area contributed by atoms with Crippen molar-refractivity contribution >= 4 is 28.2 Å². The van der Waals surface area contributed by atoms with Crippen molar-refractivity contribution in [1.82, 2.24) is 0 Å². The van der Waals surface area contributed by atoms with Gasteiger partial charge < -0.3 is 11.1 Å². The number of nitrogens with two attached hydrogens (primary N) is 1. The largest absolute Gasteiger partial charge is 0.365 e. The number of hydrogen-bond donors (Lipinski definition) is 2. The fourth-order valence-corrected chi connectivity index (χ4v) is 5.63. The first-order valence-corrected chi connectivity index (χ1v) is 10.7. The van der Waals surface area contributed by atoms with E-state index < -0.39 is 5.91 Å². The third kappa shape index (κ3) is 4.25. The topological polar surface area (TPSA) is 72.2 Å². The Kier molecular flexibility index (Phi) is 6.15. The summed E-state index contributed by atoms with van der Waals surface area (Å²) in [6, 6.07) is 0. The van der Waals surface area contributed by atoms with Crippen LogP contribution in [0.15, 0.2) is 0 Å². The molecule has 138 valence electrons. The molecular formula is C20H30N2O2S. The van der Waals surface area contributed by atoms with Crippen molar-refractivity contribution in [3.63, 3.8) is 0 Å². The van der Waals surface area contributed by atoms with Gasteiger partial charge in [-0.3, -0.25) is 9.59 Å². The van der Waals surface area contributed by atoms with Gasteiger partial charge >= 0.3 is 0 Å². The molecule has 1 aromatic rings. The van der Waals surface area contributed by atoms with E-state index in [1.54, 1.807) is 11.3 Å². The second kappa shape index (κ2) is 8.35. The van der Waals surface area contributed by atoms with E-state index in [1.807, 2.05) is 0 Å². The number of amides is 2. The maximum absolute atomic E-state index is 12.7. The van der Waals surface area contributed by atoms with Crippen LogP contribution in [-0.4, -0.2) is 11.8 Å². The molecule has 2 amide bonds. The molecule has 2 aliphatic rings. The molecule has 4 nitrogen and oxygen atoms in total. The monoisotopic (exact) mass is 362 g/mol. The van der Waals surface area contributed by atoms with E-state index in [2.05, 4.69) is 12.2 Å². The number of aryl methyl sites for hydroxylation is 1. The molecule has 0 saturated heterocycles. The number of unbranched alkanes of at least 4 members (excludes halogenated alkanes) is 1. The zero-order valence-electron chi connectivity index (χ0n) is 15.2. The average molecular weight is 363 g/mol. The lowest BCUT2D eigenvalue weighted by Gasteiger charge is -2.27. The SMILES string of the molecule is CCCCC1CCC(C(=O)Nc2sc3c(c2C(N)=O)CCCC3)CC1. The second-order valence-corrected chi connectivity index (χ2v) is 8.73. The number of hydrogen-bond acceptors (Lipinski definition) is 3. The summed E-state index contributed by atoms with van der Waals surface area (Å²) in [7, 11) is 0. The summed E-state index contributed by atoms with van der Waals surface area (Å²) in [6.07, 6.45) is 12.2. The zero-order chi connectivity index (χ0) is 17.8. The summed E-state index contributed by atoms with van der Waals surface area (Å²) in [6.45, 7) is 2.23. The van der Waals surface area contributed by atoms with Gasteiger partial charge in [-0.2, -0.15) is 0 Å². The lowest BCUT2D eigenvalue weighted by molar-refractivity contribution is -0.121. The molecule has 0 aromatic carbocycles. The highest BCUT2D eigenvalue weighted by Crippen LogP contribution is 2.39. The van der Waals surface area contributed by atoms with Gasteiger partial charge in [0.1, 0.15) is 5.00 Å². The summed E-state index contributed by atoms with van der Waals surface area (Å²) in [4.78, 5) is 25.9. The van der Waals surface area contributed by atoms with E-state index in [-0.39, 0.29) is 11.8 Å². The molecule has 5 heteroatoms. The van der Waals surface area contributed by atoms with Crippen molar-refractivity contribution in [2.24, 2.45) is 17.6 Å². The van der Waals surface area contributed by atoms with Crippen LogP contribution in [0.1, 0.15) is 85.5 Å². The fourth-order valence-electron chi connectivity index (χ4n) is 4.33. The quantitative estimate of drug-likeness (QED) is 0.772. The van der Waals surface area contributed by atoms with Crippen molar-refractivity contribution < 1.29 is 9.59 Å². The lowest BCUT2D eigenvalue weighted by atomic mass is 9.79. The van der Waals surface area contributed by atoms with Crippen LogP contribution in [0.3, 0.4) is 0 Å². The molecule has 0 bridgehead atoms. The molecule has 0 atom stereocenters. The summed E-state index contributed by atoms with van der Waals surface area (Å²) >= 11 is 1.56. The minimum atomic E-state index is -0.405. The third-order valence-electron chi connectivity index (χ3n) is 5.84. The van der Waals surface area contributed by atoms with Crippen LogP contribution in [-0.2, 0) is 17.6 Å². The average Bonchev–Trinajstić information content (AvgIpc) is 2.98. The molecule has 25 heavy (non-hydrogen) atoms. The van der Waals surface area contributed by atoms with Gasteiger partial charge in [0, 0.05) is 10.8 Å². The van der Waals surface area contributed by atoms with Crippen molar-refractivity contribution in [2.45, 2.75) is 77.6 Å². The highest BCUT2D eigenvalue weighted by atomic mass is 32.1. The van der Waals surface area contributed by atoms with Crippen LogP contribution in [0.5, 0.6) is 0 Å². The van der Waals surface area contributed by atoms with Crippen molar-refractivity contribution in [2.75, 3.05) is 5.32 Å². The summed E-state index contributed by atoms with van der Waals surface area (Å²) < 4.78 is 0. The van der Waals surface area contributed by atoms with Gasteiger partial charge in [0.2, 0.25) is 5.91 Å². The highest BCUT2D eigenvalue weighted by Gasteiger charge is 2.29. The van der Waals surface area contributed by atoms with Gasteiger partial charge in [0.05, 0.1) is 5.56 Å². The molecule has 0 aliphatic heterocycles. The Morgan fingerprint density at radius 1 is 1.16 bits per heavy atom. The fraction of sp³-hybridized carbons (Fsp3) is 0.700. The van der Waals surface area contributed by atoms with Gasteiger partial charge in [-0.15, -0.1) is 11.3 Å². The molecule has 1 fully saturated rings. The van der Waals surface area contributed by atoms with Crippen LogP contribution in [0.4, 0.5) is 5.00 Å². The molecule has 1 heterocycles. The summed E-state index contributed by atoms with van der Waals surface area (Å²) in [5.41, 5.74) is 7.28. The number of rotatable bonds is 6. The molecule has 3 N–H and O–H groups in total. The predicted molar refractivity (Wildman–Crippen MR) is 103 cm³/mol. The maximum Gasteiger partial charge on any atom is 0.251 e. The molecule has 0 radical (unpaired) electrons. The van der Waals surface area contributed by atoms with Gasteiger partial charge in [-0.1, -0.05) is 26.2 Å². The molecule has 0 unspecified atom stereocenters. The van der Waals surface area contributed by atoms with E-state index in [0.29, 0.717) is 10.6 Å². The number of primary amides is 1. The van der Waals surface area contributed by atoms with Crippen molar-refractivity contribution in [3.8, 4) is 0 Å². The van der Waals surface area contributed by atoms with E-state index in [1.165, 1.54) is 24.1 Å². The van der Waals surface area contributed by atoms with Crippen LogP contribution < -0.4 is 11.1 Å². The van der Waals surface area contributed by atoms with Crippen LogP contribution in [0.25, 0.3) is 0 Å². The van der Waals surface area contributed by atoms with Crippen LogP contribution in [0, 0.1) is 11.8 Å². The second-order valence-electron chi connectivity index (χ2n) is 7.63. The van der Waals surface area contributed by atoms with Crippen LogP contribution >= 0.6 is 11.3 Å². The zero-order valence-corrected chi connectivity index (χ0v) is 16.1. The molecule has 0 spiro atoms. The molecular weight excluding hydrogens is 332 g/mol. The first-order chi connectivity index (χ1) is 12.1. The number of nitrogens with one attached hydrogen (secondary N) is 1. The summed E-state index contributed by atoms with van der Waals surface area (Å²) in [5.74, 6) is 0.546. The van der Waals surface area contributed by atoms with E-state index in [9.17, 15) is 9.59 Å².